The van der Waals surface area contributed by atoms with Gasteiger partial charge in [-0.1, -0.05) is 13.3 Å². The number of piperidine rings is 1. The fourth-order valence-electron chi connectivity index (χ4n) is 4.71. The highest BCUT2D eigenvalue weighted by Gasteiger charge is 2.45. The Hall–Kier alpha value is -2.61. The van der Waals surface area contributed by atoms with Crippen LogP contribution < -0.4 is 4.74 Å². The molecule has 0 aliphatic carbocycles. The number of amides is 1. The highest BCUT2D eigenvalue weighted by Crippen LogP contribution is 2.39. The van der Waals surface area contributed by atoms with Crippen LogP contribution in [0.15, 0.2) is 24.3 Å². The molecule has 1 aromatic carbocycles. The number of hydrogen-bond acceptors (Lipinski definition) is 6. The highest BCUT2D eigenvalue weighted by atomic mass is 16.5. The van der Waals surface area contributed by atoms with Crippen molar-refractivity contribution in [2.24, 2.45) is 0 Å². The molecule has 8 heteroatoms. The minimum absolute atomic E-state index is 0.219. The van der Waals surface area contributed by atoms with Crippen LogP contribution in [0.1, 0.15) is 38.4 Å². The molecule has 4 rings (SSSR count). The zero-order chi connectivity index (χ0) is 21.1. The fraction of sp³-hybridized carbons (Fsp3) is 0.591. The average Bonchev–Trinajstić information content (AvgIpc) is 3.23. The Bertz CT molecular complexity index is 871. The van der Waals surface area contributed by atoms with E-state index in [0.717, 1.165) is 55.4 Å². The molecule has 162 valence electrons. The quantitative estimate of drug-likeness (QED) is 0.750. The predicted octanol–water partition coefficient (Wildman–Crippen LogP) is 3.13. The van der Waals surface area contributed by atoms with E-state index in [4.69, 9.17) is 9.47 Å². The maximum Gasteiger partial charge on any atom is 0.409 e. The first-order valence-corrected chi connectivity index (χ1v) is 10.7. The zero-order valence-corrected chi connectivity index (χ0v) is 18.1. The van der Waals surface area contributed by atoms with Crippen molar-refractivity contribution in [1.82, 2.24) is 24.6 Å². The molecule has 0 N–H and O–H groups in total. The summed E-state index contributed by atoms with van der Waals surface area (Å²) in [6.45, 7) is 6.41. The molecule has 3 heterocycles. The maximum atomic E-state index is 12.4. The largest absolute Gasteiger partial charge is 0.497 e. The van der Waals surface area contributed by atoms with E-state index in [2.05, 4.69) is 26.6 Å². The topological polar surface area (TPSA) is 72.7 Å². The number of likely N-dealkylation sites (tertiary alicyclic amines) is 1. The molecular formula is C22H31N5O3. The van der Waals surface area contributed by atoms with Crippen molar-refractivity contribution >= 4 is 6.09 Å². The van der Waals surface area contributed by atoms with Crippen molar-refractivity contribution in [3.8, 4) is 17.1 Å². The lowest BCUT2D eigenvalue weighted by atomic mass is 9.84. The van der Waals surface area contributed by atoms with Crippen molar-refractivity contribution in [2.75, 3.05) is 40.4 Å². The molecule has 1 saturated heterocycles. The molecule has 0 atom stereocenters. The Labute approximate surface area is 177 Å². The number of benzene rings is 1. The van der Waals surface area contributed by atoms with Gasteiger partial charge in [0.25, 0.3) is 0 Å². The van der Waals surface area contributed by atoms with Crippen LogP contribution in [0.2, 0.25) is 0 Å². The van der Waals surface area contributed by atoms with Crippen molar-refractivity contribution in [3.63, 3.8) is 0 Å². The fourth-order valence-corrected chi connectivity index (χ4v) is 4.71. The van der Waals surface area contributed by atoms with Gasteiger partial charge in [-0.05, 0) is 50.1 Å². The van der Waals surface area contributed by atoms with E-state index in [1.807, 2.05) is 24.3 Å². The summed E-state index contributed by atoms with van der Waals surface area (Å²) in [6.07, 6.45) is 4.03. The Balaban J connectivity index is 1.69. The standard InChI is InChI=1S/C22H31N5O3/c1-4-5-12-25-13-10-22(11-14-25)16-26(21(28)30-3)15-19-23-24-20(27(19)22)17-6-8-18(29-2)9-7-17/h6-9H,4-5,10-16H2,1-3H3. The summed E-state index contributed by atoms with van der Waals surface area (Å²) < 4.78 is 12.6. The molecule has 1 aromatic heterocycles. The van der Waals surface area contributed by atoms with Crippen LogP contribution in [0.4, 0.5) is 4.79 Å². The summed E-state index contributed by atoms with van der Waals surface area (Å²) >= 11 is 0. The lowest BCUT2D eigenvalue weighted by Gasteiger charge is -2.48. The van der Waals surface area contributed by atoms with Crippen LogP contribution in [0.3, 0.4) is 0 Å². The number of nitrogens with zero attached hydrogens (tertiary/aromatic N) is 5. The number of methoxy groups -OCH3 is 2. The monoisotopic (exact) mass is 413 g/mol. The first-order valence-electron chi connectivity index (χ1n) is 10.7. The van der Waals surface area contributed by atoms with E-state index < -0.39 is 0 Å². The minimum Gasteiger partial charge on any atom is -0.497 e. The summed E-state index contributed by atoms with van der Waals surface area (Å²) in [5.41, 5.74) is 0.789. The number of fused-ring (bicyclic) bond motifs is 2. The number of unbranched alkanes of at least 4 members (excludes halogenated alkanes) is 1. The van der Waals surface area contributed by atoms with E-state index in [-0.39, 0.29) is 11.6 Å². The molecule has 0 radical (unpaired) electrons. The normalized spacial score (nSPS) is 18.3. The van der Waals surface area contributed by atoms with Gasteiger partial charge in [0.15, 0.2) is 11.6 Å². The van der Waals surface area contributed by atoms with E-state index in [1.165, 1.54) is 20.0 Å². The molecular weight excluding hydrogens is 382 g/mol. The molecule has 1 spiro atoms. The van der Waals surface area contributed by atoms with E-state index in [9.17, 15) is 4.79 Å². The third kappa shape index (κ3) is 3.76. The Morgan fingerprint density at radius 1 is 1.13 bits per heavy atom. The van der Waals surface area contributed by atoms with Crippen LogP contribution in [-0.2, 0) is 16.8 Å². The third-order valence-electron chi connectivity index (χ3n) is 6.42. The summed E-state index contributed by atoms with van der Waals surface area (Å²) in [5, 5.41) is 9.02. The summed E-state index contributed by atoms with van der Waals surface area (Å²) in [4.78, 5) is 16.7. The van der Waals surface area contributed by atoms with Gasteiger partial charge in [-0.3, -0.25) is 4.90 Å². The second-order valence-corrected chi connectivity index (χ2v) is 8.25. The smallest absolute Gasteiger partial charge is 0.409 e. The maximum absolute atomic E-state index is 12.4. The second-order valence-electron chi connectivity index (χ2n) is 8.25. The molecule has 8 nitrogen and oxygen atoms in total. The van der Waals surface area contributed by atoms with Crippen molar-refractivity contribution in [3.05, 3.63) is 30.1 Å². The summed E-state index contributed by atoms with van der Waals surface area (Å²) in [5.74, 6) is 2.49. The van der Waals surface area contributed by atoms with Gasteiger partial charge < -0.3 is 18.9 Å². The van der Waals surface area contributed by atoms with E-state index in [0.29, 0.717) is 13.1 Å². The molecule has 0 saturated carbocycles. The van der Waals surface area contributed by atoms with E-state index in [1.54, 1.807) is 12.0 Å². The van der Waals surface area contributed by atoms with Crippen molar-refractivity contribution in [2.45, 2.75) is 44.7 Å². The summed E-state index contributed by atoms with van der Waals surface area (Å²) in [6, 6.07) is 7.93. The Kier molecular flexibility index (Phi) is 5.94. The first kappa shape index (κ1) is 20.7. The van der Waals surface area contributed by atoms with Crippen molar-refractivity contribution < 1.29 is 14.3 Å². The Morgan fingerprint density at radius 3 is 2.50 bits per heavy atom. The number of aromatic nitrogens is 3. The number of ether oxygens (including phenoxy) is 2. The van der Waals surface area contributed by atoms with Gasteiger partial charge in [-0.25, -0.2) is 4.79 Å². The van der Waals surface area contributed by atoms with Gasteiger partial charge in [0.05, 0.1) is 26.3 Å². The first-order chi connectivity index (χ1) is 14.6. The van der Waals surface area contributed by atoms with Gasteiger partial charge in [0.2, 0.25) is 0 Å². The molecule has 2 aliphatic heterocycles. The van der Waals surface area contributed by atoms with E-state index >= 15 is 0 Å². The second kappa shape index (κ2) is 8.63. The zero-order valence-electron chi connectivity index (χ0n) is 18.1. The van der Waals surface area contributed by atoms with Crippen molar-refractivity contribution in [1.29, 1.82) is 0 Å². The molecule has 2 aromatic rings. The highest BCUT2D eigenvalue weighted by molar-refractivity contribution is 5.68. The average molecular weight is 414 g/mol. The molecule has 1 amide bonds. The van der Waals surface area contributed by atoms with Gasteiger partial charge in [0, 0.05) is 25.2 Å². The van der Waals surface area contributed by atoms with Gasteiger partial charge >= 0.3 is 6.09 Å². The van der Waals surface area contributed by atoms with Crippen LogP contribution in [0.25, 0.3) is 11.4 Å². The minimum atomic E-state index is -0.303. The van der Waals surface area contributed by atoms with Gasteiger partial charge in [-0.2, -0.15) is 0 Å². The lowest BCUT2D eigenvalue weighted by molar-refractivity contribution is 0.0357. The van der Waals surface area contributed by atoms with Crippen LogP contribution in [0.5, 0.6) is 5.75 Å². The van der Waals surface area contributed by atoms with Crippen LogP contribution in [-0.4, -0.2) is 71.1 Å². The summed E-state index contributed by atoms with van der Waals surface area (Å²) in [7, 11) is 3.10. The number of carbonyl (C=O) groups excluding carboxylic acids is 1. The SMILES string of the molecule is CCCCN1CCC2(CC1)CN(C(=O)OC)Cc1nnc(-c3ccc(OC)cc3)n12. The van der Waals surface area contributed by atoms with Crippen LogP contribution >= 0.6 is 0 Å². The Morgan fingerprint density at radius 2 is 1.87 bits per heavy atom. The molecule has 0 unspecified atom stereocenters. The lowest BCUT2D eigenvalue weighted by Crippen LogP contribution is -2.57. The molecule has 0 bridgehead atoms. The predicted molar refractivity (Wildman–Crippen MR) is 113 cm³/mol. The van der Waals surface area contributed by atoms with Gasteiger partial charge in [-0.15, -0.1) is 10.2 Å². The number of carbonyl (C=O) groups is 1. The number of hydrogen-bond donors (Lipinski definition) is 0. The molecule has 2 aliphatic rings. The van der Waals surface area contributed by atoms with Crippen LogP contribution in [0, 0.1) is 0 Å². The number of rotatable bonds is 5. The third-order valence-corrected chi connectivity index (χ3v) is 6.42. The van der Waals surface area contributed by atoms with Gasteiger partial charge in [0.1, 0.15) is 5.75 Å². The molecule has 30 heavy (non-hydrogen) atoms. The molecule has 1 fully saturated rings.